The summed E-state index contributed by atoms with van der Waals surface area (Å²) in [4.78, 5) is 58.7. The molecule has 3 fully saturated rings. The molecule has 1 aromatic heterocycles. The second kappa shape index (κ2) is 21.7. The summed E-state index contributed by atoms with van der Waals surface area (Å²) in [7, 11) is 0. The van der Waals surface area contributed by atoms with E-state index in [-0.39, 0.29) is 18.0 Å². The number of amides is 3. The molecule has 328 valence electrons. The van der Waals surface area contributed by atoms with E-state index in [9.17, 15) is 45.5 Å². The van der Waals surface area contributed by atoms with E-state index >= 15 is 0 Å². The number of Topliss-reactive ketones (excluding diaryl/α,β-unsaturated/α-hetero) is 2. The fourth-order valence-corrected chi connectivity index (χ4v) is 8.22. The van der Waals surface area contributed by atoms with Gasteiger partial charge in [-0.25, -0.2) is 9.78 Å². The number of aromatic nitrogens is 2. The molecular formula is C44H56F6N6O4. The monoisotopic (exact) mass is 846 g/mol. The van der Waals surface area contributed by atoms with Crippen molar-refractivity contribution in [2.24, 2.45) is 5.92 Å². The van der Waals surface area contributed by atoms with E-state index < -0.39 is 30.0 Å². The van der Waals surface area contributed by atoms with Crippen LogP contribution in [0, 0.1) is 12.8 Å². The third-order valence-electron chi connectivity index (χ3n) is 11.7. The van der Waals surface area contributed by atoms with E-state index in [0.717, 1.165) is 62.5 Å². The fraction of sp³-hybridized carbons (Fsp3) is 0.568. The SMILES string of the molecule is Cc1ccc(Cn2cncc2CCN(Cc2ccccc2)C(=O)[C@H]2CN(CCC3CCCCC3)CCN2C(=O)NC2CCCCC2)cc1.O=C(C(=O)C(F)(F)F)C(F)(F)F. The van der Waals surface area contributed by atoms with Crippen LogP contribution in [0.4, 0.5) is 31.1 Å². The summed E-state index contributed by atoms with van der Waals surface area (Å²) in [5, 5.41) is 3.34. The molecule has 1 N–H and O–H groups in total. The molecule has 3 amide bonds. The van der Waals surface area contributed by atoms with Crippen molar-refractivity contribution in [1.29, 1.82) is 0 Å². The molecule has 10 nitrogen and oxygen atoms in total. The van der Waals surface area contributed by atoms with Crippen molar-refractivity contribution in [1.82, 2.24) is 29.6 Å². The summed E-state index contributed by atoms with van der Waals surface area (Å²) >= 11 is 0. The molecule has 60 heavy (non-hydrogen) atoms. The van der Waals surface area contributed by atoms with Gasteiger partial charge in [-0.1, -0.05) is 112 Å². The van der Waals surface area contributed by atoms with E-state index in [1.54, 1.807) is 0 Å². The summed E-state index contributed by atoms with van der Waals surface area (Å²) in [6, 6.07) is 18.5. The number of aryl methyl sites for hydroxylation is 1. The zero-order chi connectivity index (χ0) is 43.3. The molecule has 2 aromatic carbocycles. The van der Waals surface area contributed by atoms with Crippen LogP contribution in [0.1, 0.15) is 93.0 Å². The Kier molecular flexibility index (Phi) is 16.7. The quantitative estimate of drug-likeness (QED) is 0.138. The first kappa shape index (κ1) is 46.3. The summed E-state index contributed by atoms with van der Waals surface area (Å²) in [6.45, 7) is 6.94. The number of nitrogens with one attached hydrogen (secondary N) is 1. The van der Waals surface area contributed by atoms with Crippen molar-refractivity contribution >= 4 is 23.5 Å². The van der Waals surface area contributed by atoms with E-state index in [2.05, 4.69) is 63.1 Å². The van der Waals surface area contributed by atoms with Crippen molar-refractivity contribution in [2.45, 2.75) is 121 Å². The van der Waals surface area contributed by atoms with Gasteiger partial charge < -0.3 is 19.7 Å². The minimum atomic E-state index is -5.77. The topological polar surface area (TPSA) is 108 Å². The van der Waals surface area contributed by atoms with Crippen LogP contribution in [0.5, 0.6) is 0 Å². The number of benzene rings is 2. The average molecular weight is 847 g/mol. The highest BCUT2D eigenvalue weighted by molar-refractivity contribution is 6.41. The van der Waals surface area contributed by atoms with Gasteiger partial charge in [0.05, 0.1) is 6.33 Å². The number of carbonyl (C=O) groups is 4. The van der Waals surface area contributed by atoms with Gasteiger partial charge in [-0.3, -0.25) is 19.3 Å². The number of hydrogen-bond acceptors (Lipinski definition) is 6. The van der Waals surface area contributed by atoms with Crippen molar-refractivity contribution < 1.29 is 45.5 Å². The Morgan fingerprint density at radius 2 is 1.40 bits per heavy atom. The number of carbonyl (C=O) groups excluding carboxylic acids is 4. The van der Waals surface area contributed by atoms with Crippen LogP contribution >= 0.6 is 0 Å². The summed E-state index contributed by atoms with van der Waals surface area (Å²) in [5.74, 6) is -5.98. The molecule has 6 rings (SSSR count). The lowest BCUT2D eigenvalue weighted by molar-refractivity contribution is -0.193. The van der Waals surface area contributed by atoms with E-state index in [1.165, 1.54) is 56.1 Å². The third kappa shape index (κ3) is 13.9. The molecule has 1 aliphatic heterocycles. The molecule has 3 aromatic rings. The highest BCUT2D eigenvalue weighted by Crippen LogP contribution is 2.28. The highest BCUT2D eigenvalue weighted by atomic mass is 19.4. The maximum absolute atomic E-state index is 14.8. The number of piperazine rings is 1. The van der Waals surface area contributed by atoms with Crippen molar-refractivity contribution in [2.75, 3.05) is 32.7 Å². The predicted molar refractivity (Wildman–Crippen MR) is 214 cm³/mol. The molecule has 0 unspecified atom stereocenters. The van der Waals surface area contributed by atoms with Gasteiger partial charge in [-0.05, 0) is 49.8 Å². The Balaban J connectivity index is 0.000000496. The van der Waals surface area contributed by atoms with Gasteiger partial charge in [-0.2, -0.15) is 26.3 Å². The van der Waals surface area contributed by atoms with Gasteiger partial charge in [0.25, 0.3) is 0 Å². The second-order valence-electron chi connectivity index (χ2n) is 16.2. The number of rotatable bonds is 13. The van der Waals surface area contributed by atoms with Gasteiger partial charge in [-0.15, -0.1) is 0 Å². The lowest BCUT2D eigenvalue weighted by Crippen LogP contribution is -2.63. The third-order valence-corrected chi connectivity index (χ3v) is 11.7. The van der Waals surface area contributed by atoms with Gasteiger partial charge >= 0.3 is 30.0 Å². The van der Waals surface area contributed by atoms with Crippen LogP contribution in [-0.2, 0) is 33.9 Å². The molecule has 2 heterocycles. The molecule has 3 aliphatic rings. The summed E-state index contributed by atoms with van der Waals surface area (Å²) < 4.78 is 69.1. The maximum Gasteiger partial charge on any atom is 0.458 e. The van der Waals surface area contributed by atoms with E-state index in [4.69, 9.17) is 0 Å². The van der Waals surface area contributed by atoms with E-state index in [1.807, 2.05) is 40.5 Å². The standard InChI is InChI=1S/C40H56N6O2.C4F6O2/c1-32-17-19-35(20-18-32)29-45-31-41-27-37(45)22-24-44(28-34-13-7-3-8-14-34)39(47)38-30-43(23-21-33-11-5-2-6-12-33)25-26-46(38)40(48)42-36-15-9-4-10-16-36;5-3(6,7)1(11)2(12)4(8,9)10/h3,7-8,13-14,17-20,27,31,33,36,38H,2,4-6,9-12,15-16,21-26,28-30H2,1H3,(H,42,48);/t38-;/m1./s1. The number of imidazole rings is 1. The van der Waals surface area contributed by atoms with Crippen LogP contribution in [0.3, 0.4) is 0 Å². The first-order chi connectivity index (χ1) is 28.6. The number of alkyl halides is 6. The smallest absolute Gasteiger partial charge is 0.336 e. The molecule has 1 atom stereocenters. The molecule has 0 radical (unpaired) electrons. The number of ketones is 2. The largest absolute Gasteiger partial charge is 0.458 e. The average Bonchev–Trinajstić information content (AvgIpc) is 3.68. The van der Waals surface area contributed by atoms with Crippen molar-refractivity contribution in [3.05, 3.63) is 89.5 Å². The minimum absolute atomic E-state index is 0.0459. The lowest BCUT2D eigenvalue weighted by Gasteiger charge is -2.43. The van der Waals surface area contributed by atoms with Gasteiger partial charge in [0.2, 0.25) is 5.91 Å². The molecule has 1 saturated heterocycles. The molecule has 0 bridgehead atoms. The normalized spacial score (nSPS) is 18.3. The maximum atomic E-state index is 14.8. The summed E-state index contributed by atoms with van der Waals surface area (Å²) in [6.07, 6.45) is 6.50. The summed E-state index contributed by atoms with van der Waals surface area (Å²) in [5.41, 5.74) is 4.68. The van der Waals surface area contributed by atoms with E-state index in [0.29, 0.717) is 32.6 Å². The Bertz CT molecular complexity index is 1820. The Morgan fingerprint density at radius 3 is 2.02 bits per heavy atom. The van der Waals surface area contributed by atoms with Crippen molar-refractivity contribution in [3.63, 3.8) is 0 Å². The van der Waals surface area contributed by atoms with Crippen LogP contribution in [-0.4, -0.2) is 105 Å². The zero-order valence-corrected chi connectivity index (χ0v) is 34.2. The second-order valence-corrected chi connectivity index (χ2v) is 16.2. The molecule has 2 aliphatic carbocycles. The zero-order valence-electron chi connectivity index (χ0n) is 34.2. The number of urea groups is 1. The highest BCUT2D eigenvalue weighted by Gasteiger charge is 2.54. The predicted octanol–water partition coefficient (Wildman–Crippen LogP) is 8.06. The van der Waals surface area contributed by atoms with Crippen molar-refractivity contribution in [3.8, 4) is 0 Å². The first-order valence-electron chi connectivity index (χ1n) is 21.0. The Morgan fingerprint density at radius 1 is 0.783 bits per heavy atom. The number of hydrogen-bond donors (Lipinski definition) is 1. The minimum Gasteiger partial charge on any atom is -0.336 e. The number of halogens is 6. The number of nitrogens with zero attached hydrogens (tertiary/aromatic N) is 5. The molecular weight excluding hydrogens is 791 g/mol. The van der Waals surface area contributed by atoms with Crippen LogP contribution < -0.4 is 5.32 Å². The molecule has 0 spiro atoms. The Hall–Kier alpha value is -4.73. The van der Waals surface area contributed by atoms with Gasteiger partial charge in [0.15, 0.2) is 0 Å². The first-order valence-corrected chi connectivity index (χ1v) is 21.0. The van der Waals surface area contributed by atoms with Crippen LogP contribution in [0.15, 0.2) is 67.1 Å². The van der Waals surface area contributed by atoms with Gasteiger partial charge in [0, 0.05) is 63.6 Å². The van der Waals surface area contributed by atoms with Crippen LogP contribution in [0.2, 0.25) is 0 Å². The Labute approximate surface area is 347 Å². The van der Waals surface area contributed by atoms with Crippen LogP contribution in [0.25, 0.3) is 0 Å². The fourth-order valence-electron chi connectivity index (χ4n) is 8.22. The van der Waals surface area contributed by atoms with Gasteiger partial charge in [0.1, 0.15) is 6.04 Å². The molecule has 16 heteroatoms. The lowest BCUT2D eigenvalue weighted by atomic mass is 9.87. The molecule has 2 saturated carbocycles.